The predicted octanol–water partition coefficient (Wildman–Crippen LogP) is 4.71. The van der Waals surface area contributed by atoms with E-state index < -0.39 is 28.7 Å². The van der Waals surface area contributed by atoms with Gasteiger partial charge in [0.15, 0.2) is 0 Å². The Morgan fingerprint density at radius 3 is 2.29 bits per heavy atom. The van der Waals surface area contributed by atoms with Crippen molar-refractivity contribution in [3.63, 3.8) is 0 Å². The second kappa shape index (κ2) is 11.9. The van der Waals surface area contributed by atoms with Gasteiger partial charge in [0.25, 0.3) is 17.5 Å². The normalized spacial score (nSPS) is 12.3. The maximum Gasteiger partial charge on any atom is 0.338 e. The number of rotatable bonds is 11. The SMILES string of the molecule is O=C(CCCCCN1C(=O)c2cccc([N+](=O)[O-])c2C1=O)Oc1ccc(C(=O)OCc2ccccc2)cc1. The van der Waals surface area contributed by atoms with Crippen molar-refractivity contribution in [1.29, 1.82) is 0 Å². The quantitative estimate of drug-likeness (QED) is 0.0893. The van der Waals surface area contributed by atoms with Crippen LogP contribution in [0.3, 0.4) is 0 Å². The lowest BCUT2D eigenvalue weighted by Gasteiger charge is -2.13. The summed E-state index contributed by atoms with van der Waals surface area (Å²) in [5.41, 5.74) is 0.673. The smallest absolute Gasteiger partial charge is 0.338 e. The summed E-state index contributed by atoms with van der Waals surface area (Å²) in [6.45, 7) is 0.254. The fourth-order valence-corrected chi connectivity index (χ4v) is 4.03. The molecular formula is C28H24N2O8. The van der Waals surface area contributed by atoms with Gasteiger partial charge in [0.1, 0.15) is 17.9 Å². The Morgan fingerprint density at radius 1 is 0.842 bits per heavy atom. The molecule has 194 valence electrons. The maximum atomic E-state index is 12.6. The van der Waals surface area contributed by atoms with Crippen LogP contribution in [0, 0.1) is 10.1 Å². The first-order valence-electron chi connectivity index (χ1n) is 12.0. The molecule has 10 nitrogen and oxygen atoms in total. The Labute approximate surface area is 217 Å². The molecule has 4 rings (SSSR count). The number of carbonyl (C=O) groups excluding carboxylic acids is 4. The molecule has 38 heavy (non-hydrogen) atoms. The molecule has 1 aliphatic heterocycles. The fourth-order valence-electron chi connectivity index (χ4n) is 4.03. The molecule has 0 saturated heterocycles. The zero-order chi connectivity index (χ0) is 27.1. The highest BCUT2D eigenvalue weighted by Crippen LogP contribution is 2.30. The second-order valence-electron chi connectivity index (χ2n) is 8.59. The topological polar surface area (TPSA) is 133 Å². The van der Waals surface area contributed by atoms with Crippen molar-refractivity contribution >= 4 is 29.4 Å². The summed E-state index contributed by atoms with van der Waals surface area (Å²) < 4.78 is 10.6. The molecule has 2 amide bonds. The lowest BCUT2D eigenvalue weighted by molar-refractivity contribution is -0.385. The fraction of sp³-hybridized carbons (Fsp3) is 0.214. The third kappa shape index (κ3) is 6.09. The van der Waals surface area contributed by atoms with Crippen molar-refractivity contribution in [2.24, 2.45) is 0 Å². The number of benzene rings is 3. The summed E-state index contributed by atoms with van der Waals surface area (Å²) in [6.07, 6.45) is 1.56. The van der Waals surface area contributed by atoms with Crippen molar-refractivity contribution in [1.82, 2.24) is 4.90 Å². The number of fused-ring (bicyclic) bond motifs is 1. The molecule has 0 bridgehead atoms. The molecule has 10 heteroatoms. The van der Waals surface area contributed by atoms with Gasteiger partial charge in [-0.05, 0) is 48.7 Å². The Balaban J connectivity index is 1.17. The monoisotopic (exact) mass is 516 g/mol. The number of nitro groups is 1. The summed E-state index contributed by atoms with van der Waals surface area (Å²) in [5.74, 6) is -1.88. The van der Waals surface area contributed by atoms with Gasteiger partial charge in [-0.15, -0.1) is 0 Å². The van der Waals surface area contributed by atoms with E-state index in [1.807, 2.05) is 30.3 Å². The Kier molecular flexibility index (Phi) is 8.22. The van der Waals surface area contributed by atoms with Gasteiger partial charge in [-0.2, -0.15) is 0 Å². The van der Waals surface area contributed by atoms with Crippen LogP contribution in [0.1, 0.15) is 62.3 Å². The van der Waals surface area contributed by atoms with Crippen LogP contribution < -0.4 is 4.74 Å². The highest BCUT2D eigenvalue weighted by atomic mass is 16.6. The van der Waals surface area contributed by atoms with E-state index >= 15 is 0 Å². The molecule has 0 aliphatic carbocycles. The number of carbonyl (C=O) groups is 4. The molecule has 0 fully saturated rings. The number of esters is 2. The predicted molar refractivity (Wildman–Crippen MR) is 135 cm³/mol. The summed E-state index contributed by atoms with van der Waals surface area (Å²) in [7, 11) is 0. The van der Waals surface area contributed by atoms with Crippen LogP contribution in [-0.4, -0.2) is 40.1 Å². The minimum absolute atomic E-state index is 0.0308. The van der Waals surface area contributed by atoms with Crippen molar-refractivity contribution in [3.05, 3.63) is 105 Å². The number of nitrogens with zero attached hydrogens (tertiary/aromatic N) is 2. The molecule has 0 radical (unpaired) electrons. The summed E-state index contributed by atoms with van der Waals surface area (Å²) in [5, 5.41) is 11.2. The molecule has 3 aromatic carbocycles. The van der Waals surface area contributed by atoms with E-state index in [0.717, 1.165) is 10.5 Å². The van der Waals surface area contributed by atoms with Gasteiger partial charge >= 0.3 is 11.9 Å². The van der Waals surface area contributed by atoms with E-state index in [-0.39, 0.29) is 36.4 Å². The molecule has 0 aromatic heterocycles. The second-order valence-corrected chi connectivity index (χ2v) is 8.59. The van der Waals surface area contributed by atoms with Crippen LogP contribution >= 0.6 is 0 Å². The Hall–Kier alpha value is -4.86. The van der Waals surface area contributed by atoms with Crippen molar-refractivity contribution in [2.45, 2.75) is 32.3 Å². The third-order valence-electron chi connectivity index (χ3n) is 5.97. The average molecular weight is 517 g/mol. The van der Waals surface area contributed by atoms with Crippen LogP contribution in [-0.2, 0) is 16.1 Å². The minimum atomic E-state index is -0.677. The molecule has 1 aliphatic rings. The van der Waals surface area contributed by atoms with Crippen molar-refractivity contribution < 1.29 is 33.6 Å². The van der Waals surface area contributed by atoms with E-state index in [1.54, 1.807) is 0 Å². The van der Waals surface area contributed by atoms with Gasteiger partial charge in [0.05, 0.1) is 16.1 Å². The van der Waals surface area contributed by atoms with Gasteiger partial charge in [0, 0.05) is 19.0 Å². The molecule has 1 heterocycles. The van der Waals surface area contributed by atoms with E-state index in [2.05, 4.69) is 0 Å². The van der Waals surface area contributed by atoms with E-state index in [0.29, 0.717) is 30.6 Å². The summed E-state index contributed by atoms with van der Waals surface area (Å²) in [6, 6.07) is 19.3. The lowest BCUT2D eigenvalue weighted by Crippen LogP contribution is -2.30. The number of unbranched alkanes of at least 4 members (excludes halogenated alkanes) is 2. The maximum absolute atomic E-state index is 12.6. The first-order valence-corrected chi connectivity index (χ1v) is 12.0. The summed E-state index contributed by atoms with van der Waals surface area (Å²) in [4.78, 5) is 61.0. The third-order valence-corrected chi connectivity index (χ3v) is 5.97. The highest BCUT2D eigenvalue weighted by Gasteiger charge is 2.40. The van der Waals surface area contributed by atoms with Gasteiger partial charge in [-0.3, -0.25) is 29.4 Å². The largest absolute Gasteiger partial charge is 0.457 e. The molecule has 0 atom stereocenters. The zero-order valence-corrected chi connectivity index (χ0v) is 20.3. The van der Waals surface area contributed by atoms with Crippen LogP contribution in [0.4, 0.5) is 5.69 Å². The number of amides is 2. The molecule has 0 unspecified atom stereocenters. The molecule has 0 saturated carbocycles. The van der Waals surface area contributed by atoms with Crippen LogP contribution in [0.15, 0.2) is 72.8 Å². The van der Waals surface area contributed by atoms with Crippen LogP contribution in [0.5, 0.6) is 5.75 Å². The number of ether oxygens (including phenoxy) is 2. The average Bonchev–Trinajstić information content (AvgIpc) is 3.17. The number of hydrogen-bond acceptors (Lipinski definition) is 8. The first kappa shape index (κ1) is 26.2. The van der Waals surface area contributed by atoms with Gasteiger partial charge in [-0.1, -0.05) is 42.8 Å². The summed E-state index contributed by atoms with van der Waals surface area (Å²) >= 11 is 0. The molecule has 3 aromatic rings. The van der Waals surface area contributed by atoms with Crippen molar-refractivity contribution in [2.75, 3.05) is 6.54 Å². The number of imide groups is 1. The first-order chi connectivity index (χ1) is 18.3. The van der Waals surface area contributed by atoms with Gasteiger partial charge < -0.3 is 9.47 Å². The van der Waals surface area contributed by atoms with E-state index in [9.17, 15) is 29.3 Å². The lowest BCUT2D eigenvalue weighted by atomic mass is 10.1. The zero-order valence-electron chi connectivity index (χ0n) is 20.3. The van der Waals surface area contributed by atoms with Gasteiger partial charge in [0.2, 0.25) is 0 Å². The van der Waals surface area contributed by atoms with E-state index in [4.69, 9.17) is 9.47 Å². The number of nitro benzene ring substituents is 1. The molecule has 0 spiro atoms. The standard InChI is InChI=1S/C28H24N2O8/c31-24(38-21-15-13-20(14-16-21)28(34)37-18-19-8-3-1-4-9-19)12-5-2-6-17-29-26(32)22-10-7-11-23(30(35)36)25(22)27(29)33/h1,3-4,7-11,13-16H,2,5-6,12,17-18H2. The minimum Gasteiger partial charge on any atom is -0.457 e. The Bertz CT molecular complexity index is 1370. The highest BCUT2D eigenvalue weighted by molar-refractivity contribution is 6.23. The Morgan fingerprint density at radius 2 is 1.58 bits per heavy atom. The van der Waals surface area contributed by atoms with E-state index in [1.165, 1.54) is 42.5 Å². The number of hydrogen-bond donors (Lipinski definition) is 0. The van der Waals surface area contributed by atoms with Crippen LogP contribution in [0.2, 0.25) is 0 Å². The van der Waals surface area contributed by atoms with Gasteiger partial charge in [-0.25, -0.2) is 4.79 Å². The molecule has 0 N–H and O–H groups in total. The van der Waals surface area contributed by atoms with Crippen molar-refractivity contribution in [3.8, 4) is 5.75 Å². The molecular weight excluding hydrogens is 492 g/mol. The van der Waals surface area contributed by atoms with Crippen LogP contribution in [0.25, 0.3) is 0 Å².